The Morgan fingerprint density at radius 3 is 2.80 bits per heavy atom. The van der Waals surface area contributed by atoms with E-state index < -0.39 is 0 Å². The number of nitrogens with one attached hydrogen (secondary N) is 1. The molecule has 0 fully saturated rings. The molecule has 6 heteroatoms. The van der Waals surface area contributed by atoms with Gasteiger partial charge in [0.15, 0.2) is 5.78 Å². The Morgan fingerprint density at radius 1 is 1.16 bits per heavy atom. The molecule has 0 bridgehead atoms. The highest BCUT2D eigenvalue weighted by Gasteiger charge is 2.17. The largest absolute Gasteiger partial charge is 0.507 e. The summed E-state index contributed by atoms with van der Waals surface area (Å²) in [7, 11) is 1.51. The molecule has 0 atom stereocenters. The molecule has 0 saturated carbocycles. The lowest BCUT2D eigenvalue weighted by Gasteiger charge is -2.06. The van der Waals surface area contributed by atoms with E-state index in [0.717, 1.165) is 16.3 Å². The van der Waals surface area contributed by atoms with E-state index in [1.165, 1.54) is 25.4 Å². The number of aromatic amines is 1. The number of aromatic hydroxyl groups is 1. The minimum Gasteiger partial charge on any atom is -0.507 e. The van der Waals surface area contributed by atoms with Crippen molar-refractivity contribution in [2.24, 2.45) is 0 Å². The molecule has 4 aromatic rings. The van der Waals surface area contributed by atoms with Crippen LogP contribution in [-0.2, 0) is 0 Å². The predicted molar refractivity (Wildman–Crippen MR) is 96.7 cm³/mol. The van der Waals surface area contributed by atoms with Gasteiger partial charge in [0.25, 0.3) is 0 Å². The van der Waals surface area contributed by atoms with Crippen molar-refractivity contribution in [3.8, 4) is 11.5 Å². The second kappa shape index (κ2) is 5.79. The predicted octanol–water partition coefficient (Wildman–Crippen LogP) is 4.31. The number of aromatic nitrogens is 2. The van der Waals surface area contributed by atoms with Crippen LogP contribution >= 0.6 is 11.6 Å². The lowest BCUT2D eigenvalue weighted by molar-refractivity contribution is 0.103. The van der Waals surface area contributed by atoms with E-state index in [0.29, 0.717) is 22.0 Å². The first-order valence-electron chi connectivity index (χ1n) is 7.55. The van der Waals surface area contributed by atoms with Crippen LogP contribution in [-0.4, -0.2) is 28.0 Å². The minimum atomic E-state index is -0.325. The number of halogens is 1. The third-order valence-electron chi connectivity index (χ3n) is 4.12. The third kappa shape index (κ3) is 2.58. The Morgan fingerprint density at radius 2 is 2.00 bits per heavy atom. The van der Waals surface area contributed by atoms with Crippen LogP contribution in [0.15, 0.2) is 48.7 Å². The normalized spacial score (nSPS) is 11.1. The number of H-pyrrole nitrogens is 1. The average Bonchev–Trinajstić information content (AvgIpc) is 2.98. The maximum absolute atomic E-state index is 12.8. The molecule has 0 saturated heterocycles. The van der Waals surface area contributed by atoms with Crippen molar-refractivity contribution < 1.29 is 14.6 Å². The van der Waals surface area contributed by atoms with Crippen LogP contribution < -0.4 is 4.74 Å². The number of nitrogens with zero attached hydrogens (tertiary/aromatic N) is 1. The Balaban J connectivity index is 1.86. The average molecular weight is 353 g/mol. The van der Waals surface area contributed by atoms with Crippen LogP contribution in [0, 0.1) is 0 Å². The van der Waals surface area contributed by atoms with Crippen LogP contribution in [0.25, 0.3) is 21.9 Å². The van der Waals surface area contributed by atoms with E-state index in [1.807, 2.05) is 12.1 Å². The molecule has 0 aliphatic rings. The Labute approximate surface area is 147 Å². The zero-order valence-electron chi connectivity index (χ0n) is 13.2. The lowest BCUT2D eigenvalue weighted by atomic mass is 10.0. The van der Waals surface area contributed by atoms with Gasteiger partial charge in [-0.3, -0.25) is 4.79 Å². The molecule has 4 rings (SSSR count). The quantitative estimate of drug-likeness (QED) is 0.538. The highest BCUT2D eigenvalue weighted by Crippen LogP contribution is 2.29. The number of hydrogen-bond donors (Lipinski definition) is 2. The number of ether oxygens (including phenoxy) is 1. The molecule has 5 nitrogen and oxygen atoms in total. The SMILES string of the molecule is COc1ccc(O)c(C(=O)c2cnc3[nH]c4cc(Cl)ccc4c3c2)c1. The molecule has 2 aromatic carbocycles. The monoisotopic (exact) mass is 352 g/mol. The Hall–Kier alpha value is -3.05. The number of carbonyl (C=O) groups excluding carboxylic acids is 1. The van der Waals surface area contributed by atoms with Gasteiger partial charge in [0.1, 0.15) is 17.1 Å². The fourth-order valence-corrected chi connectivity index (χ4v) is 3.03. The summed E-state index contributed by atoms with van der Waals surface area (Å²) in [5.74, 6) is 0.0719. The van der Waals surface area contributed by atoms with E-state index in [2.05, 4.69) is 9.97 Å². The minimum absolute atomic E-state index is 0.100. The summed E-state index contributed by atoms with van der Waals surface area (Å²) in [6.45, 7) is 0. The summed E-state index contributed by atoms with van der Waals surface area (Å²) in [6.07, 6.45) is 1.49. The van der Waals surface area contributed by atoms with Gasteiger partial charge in [0.2, 0.25) is 0 Å². The maximum Gasteiger partial charge on any atom is 0.198 e. The standard InChI is InChI=1S/C19H13ClN2O3/c1-25-12-3-5-17(23)15(8-12)18(24)10-6-14-13-4-2-11(20)7-16(13)22-19(14)21-9-10/h2-9,23H,1H3,(H,21,22). The molecule has 25 heavy (non-hydrogen) atoms. The van der Waals surface area contributed by atoms with Crippen molar-refractivity contribution >= 4 is 39.3 Å². The number of rotatable bonds is 3. The number of ketones is 1. The van der Waals surface area contributed by atoms with Crippen molar-refractivity contribution in [3.63, 3.8) is 0 Å². The summed E-state index contributed by atoms with van der Waals surface area (Å²) >= 11 is 6.02. The number of phenolic OH excluding ortho intramolecular Hbond substituents is 1. The summed E-state index contributed by atoms with van der Waals surface area (Å²) in [4.78, 5) is 20.3. The van der Waals surface area contributed by atoms with Crippen LogP contribution in [0.1, 0.15) is 15.9 Å². The fourth-order valence-electron chi connectivity index (χ4n) is 2.86. The fraction of sp³-hybridized carbons (Fsp3) is 0.0526. The second-order valence-electron chi connectivity index (χ2n) is 5.65. The molecular formula is C19H13ClN2O3. The number of pyridine rings is 1. The number of fused-ring (bicyclic) bond motifs is 3. The number of phenols is 1. The summed E-state index contributed by atoms with van der Waals surface area (Å²) in [6, 6.07) is 11.8. The zero-order chi connectivity index (χ0) is 17.6. The van der Waals surface area contributed by atoms with E-state index in [-0.39, 0.29) is 17.1 Å². The number of methoxy groups -OCH3 is 1. The zero-order valence-corrected chi connectivity index (χ0v) is 14.0. The van der Waals surface area contributed by atoms with Crippen LogP contribution in [0.2, 0.25) is 5.02 Å². The first kappa shape index (κ1) is 15.5. The molecule has 0 unspecified atom stereocenters. The van der Waals surface area contributed by atoms with Crippen LogP contribution in [0.5, 0.6) is 11.5 Å². The van der Waals surface area contributed by atoms with Crippen molar-refractivity contribution in [1.82, 2.24) is 9.97 Å². The second-order valence-corrected chi connectivity index (χ2v) is 6.08. The summed E-state index contributed by atoms with van der Waals surface area (Å²) < 4.78 is 5.13. The van der Waals surface area contributed by atoms with Crippen molar-refractivity contribution in [2.75, 3.05) is 7.11 Å². The first-order valence-corrected chi connectivity index (χ1v) is 7.93. The van der Waals surface area contributed by atoms with Crippen molar-refractivity contribution in [1.29, 1.82) is 0 Å². The topological polar surface area (TPSA) is 75.2 Å². The molecule has 0 aliphatic carbocycles. The van der Waals surface area contributed by atoms with Crippen LogP contribution in [0.3, 0.4) is 0 Å². The van der Waals surface area contributed by atoms with Crippen molar-refractivity contribution in [2.45, 2.75) is 0 Å². The van der Waals surface area contributed by atoms with Crippen LogP contribution in [0.4, 0.5) is 0 Å². The number of hydrogen-bond acceptors (Lipinski definition) is 4. The van der Waals surface area contributed by atoms with Crippen molar-refractivity contribution in [3.05, 3.63) is 64.8 Å². The molecule has 2 heterocycles. The van der Waals surface area contributed by atoms with Gasteiger partial charge >= 0.3 is 0 Å². The van der Waals surface area contributed by atoms with Gasteiger partial charge in [-0.15, -0.1) is 0 Å². The molecule has 124 valence electrons. The molecule has 0 aliphatic heterocycles. The smallest absolute Gasteiger partial charge is 0.198 e. The lowest BCUT2D eigenvalue weighted by Crippen LogP contribution is -2.03. The van der Waals surface area contributed by atoms with Gasteiger partial charge in [-0.2, -0.15) is 0 Å². The van der Waals surface area contributed by atoms with E-state index in [1.54, 1.807) is 18.2 Å². The van der Waals surface area contributed by atoms with E-state index in [4.69, 9.17) is 16.3 Å². The molecule has 0 radical (unpaired) electrons. The third-order valence-corrected chi connectivity index (χ3v) is 4.36. The summed E-state index contributed by atoms with van der Waals surface area (Å²) in [5.41, 5.74) is 2.07. The highest BCUT2D eigenvalue weighted by molar-refractivity contribution is 6.31. The number of carbonyl (C=O) groups is 1. The maximum atomic E-state index is 12.8. The molecule has 0 amide bonds. The first-order chi connectivity index (χ1) is 12.1. The van der Waals surface area contributed by atoms with E-state index >= 15 is 0 Å². The molecule has 2 aromatic heterocycles. The van der Waals surface area contributed by atoms with Gasteiger partial charge < -0.3 is 14.8 Å². The van der Waals surface area contributed by atoms with Gasteiger partial charge in [0, 0.05) is 33.1 Å². The number of benzene rings is 2. The van der Waals surface area contributed by atoms with Gasteiger partial charge in [-0.25, -0.2) is 4.98 Å². The molecule has 0 spiro atoms. The van der Waals surface area contributed by atoms with E-state index in [9.17, 15) is 9.90 Å². The Kier molecular flexibility index (Phi) is 3.58. The molecule has 2 N–H and O–H groups in total. The molecular weight excluding hydrogens is 340 g/mol. The summed E-state index contributed by atoms with van der Waals surface area (Å²) in [5, 5.41) is 12.4. The highest BCUT2D eigenvalue weighted by atomic mass is 35.5. The van der Waals surface area contributed by atoms with Gasteiger partial charge in [-0.05, 0) is 36.4 Å². The van der Waals surface area contributed by atoms with Gasteiger partial charge in [-0.1, -0.05) is 17.7 Å². The van der Waals surface area contributed by atoms with Gasteiger partial charge in [0.05, 0.1) is 12.7 Å². The Bertz CT molecular complexity index is 1130.